The molecule has 0 radical (unpaired) electrons. The first-order valence-electron chi connectivity index (χ1n) is 6.24. The van der Waals surface area contributed by atoms with Gasteiger partial charge in [-0.1, -0.05) is 13.8 Å². The number of benzene rings is 1. The maximum atomic E-state index is 5.82. The molecule has 0 saturated carbocycles. The minimum absolute atomic E-state index is 0.216. The third-order valence-corrected chi connectivity index (χ3v) is 3.41. The van der Waals surface area contributed by atoms with Crippen LogP contribution in [0.4, 0.5) is 17.3 Å². The van der Waals surface area contributed by atoms with E-state index in [1.807, 2.05) is 32.0 Å². The van der Waals surface area contributed by atoms with Gasteiger partial charge >= 0.3 is 0 Å². The van der Waals surface area contributed by atoms with E-state index in [-0.39, 0.29) is 5.92 Å². The van der Waals surface area contributed by atoms with Gasteiger partial charge in [-0.3, -0.25) is 0 Å². The molecule has 0 bridgehead atoms. The molecule has 6 heteroatoms. The SMILES string of the molecule is COc1ccc(Br)c(Nc2cc(N)nc(C(C)C)n2)c1. The Kier molecular flexibility index (Phi) is 4.44. The second kappa shape index (κ2) is 6.09. The molecule has 20 heavy (non-hydrogen) atoms. The molecule has 2 rings (SSSR count). The number of rotatable bonds is 4. The van der Waals surface area contributed by atoms with Gasteiger partial charge < -0.3 is 15.8 Å². The van der Waals surface area contributed by atoms with E-state index < -0.39 is 0 Å². The lowest BCUT2D eigenvalue weighted by Gasteiger charge is -2.12. The summed E-state index contributed by atoms with van der Waals surface area (Å²) < 4.78 is 6.13. The molecule has 3 N–H and O–H groups in total. The predicted molar refractivity (Wildman–Crippen MR) is 84.5 cm³/mol. The van der Waals surface area contributed by atoms with E-state index in [2.05, 4.69) is 31.2 Å². The van der Waals surface area contributed by atoms with Crippen LogP contribution in [0.2, 0.25) is 0 Å². The van der Waals surface area contributed by atoms with Crippen LogP contribution in [-0.4, -0.2) is 17.1 Å². The van der Waals surface area contributed by atoms with E-state index in [1.165, 1.54) is 0 Å². The fourth-order valence-electron chi connectivity index (χ4n) is 1.67. The predicted octanol–water partition coefficient (Wildman–Crippen LogP) is 3.70. The number of nitrogens with one attached hydrogen (secondary N) is 1. The van der Waals surface area contributed by atoms with E-state index in [0.29, 0.717) is 17.5 Å². The highest BCUT2D eigenvalue weighted by Gasteiger charge is 2.08. The molecule has 5 nitrogen and oxygen atoms in total. The molecule has 1 aromatic heterocycles. The van der Waals surface area contributed by atoms with Gasteiger partial charge in [0.1, 0.15) is 23.2 Å². The molecule has 0 fully saturated rings. The lowest BCUT2D eigenvalue weighted by molar-refractivity contribution is 0.415. The molecular formula is C14H17BrN4O. The van der Waals surface area contributed by atoms with Crippen molar-refractivity contribution in [2.45, 2.75) is 19.8 Å². The van der Waals surface area contributed by atoms with Crippen LogP contribution in [0, 0.1) is 0 Å². The number of anilines is 3. The fourth-order valence-corrected chi connectivity index (χ4v) is 2.02. The quantitative estimate of drug-likeness (QED) is 0.890. The smallest absolute Gasteiger partial charge is 0.136 e. The van der Waals surface area contributed by atoms with Crippen LogP contribution in [0.1, 0.15) is 25.6 Å². The molecule has 0 aliphatic rings. The summed E-state index contributed by atoms with van der Waals surface area (Å²) in [5.41, 5.74) is 6.68. The van der Waals surface area contributed by atoms with Crippen LogP contribution in [0.5, 0.6) is 5.75 Å². The van der Waals surface area contributed by atoms with Gasteiger partial charge in [0.25, 0.3) is 0 Å². The first kappa shape index (κ1) is 14.6. The van der Waals surface area contributed by atoms with Gasteiger partial charge in [-0.25, -0.2) is 9.97 Å². The summed E-state index contributed by atoms with van der Waals surface area (Å²) in [5.74, 6) is 2.81. The molecule has 2 aromatic rings. The van der Waals surface area contributed by atoms with Crippen molar-refractivity contribution in [2.75, 3.05) is 18.2 Å². The van der Waals surface area contributed by atoms with Gasteiger partial charge in [0.05, 0.1) is 12.8 Å². The molecule has 0 saturated heterocycles. The number of halogens is 1. The number of hydrogen-bond donors (Lipinski definition) is 2. The number of nitrogen functional groups attached to an aromatic ring is 1. The monoisotopic (exact) mass is 336 g/mol. The average Bonchev–Trinajstić information content (AvgIpc) is 2.40. The molecule has 0 atom stereocenters. The van der Waals surface area contributed by atoms with E-state index in [1.54, 1.807) is 13.2 Å². The minimum Gasteiger partial charge on any atom is -0.497 e. The maximum absolute atomic E-state index is 5.82. The van der Waals surface area contributed by atoms with E-state index >= 15 is 0 Å². The molecule has 0 spiro atoms. The third-order valence-electron chi connectivity index (χ3n) is 2.72. The summed E-state index contributed by atoms with van der Waals surface area (Å²) in [6.07, 6.45) is 0. The molecule has 0 amide bonds. The zero-order valence-electron chi connectivity index (χ0n) is 11.6. The Hall–Kier alpha value is -1.82. The summed E-state index contributed by atoms with van der Waals surface area (Å²) in [6.45, 7) is 4.06. The first-order chi connectivity index (χ1) is 9.49. The van der Waals surface area contributed by atoms with Crippen molar-refractivity contribution in [1.29, 1.82) is 0 Å². The number of aromatic nitrogens is 2. The van der Waals surface area contributed by atoms with Crippen LogP contribution in [0.15, 0.2) is 28.7 Å². The molecule has 0 aliphatic heterocycles. The van der Waals surface area contributed by atoms with Gasteiger partial charge in [-0.15, -0.1) is 0 Å². The first-order valence-corrected chi connectivity index (χ1v) is 7.04. The third kappa shape index (κ3) is 3.39. The van der Waals surface area contributed by atoms with Crippen LogP contribution in [0.3, 0.4) is 0 Å². The largest absolute Gasteiger partial charge is 0.497 e. The van der Waals surface area contributed by atoms with Crippen LogP contribution >= 0.6 is 15.9 Å². The highest BCUT2D eigenvalue weighted by molar-refractivity contribution is 9.10. The summed E-state index contributed by atoms with van der Waals surface area (Å²) >= 11 is 3.49. The Morgan fingerprint density at radius 1 is 1.25 bits per heavy atom. The Balaban J connectivity index is 2.34. The van der Waals surface area contributed by atoms with E-state index in [0.717, 1.165) is 15.9 Å². The number of nitrogens with zero attached hydrogens (tertiary/aromatic N) is 2. The molecule has 106 valence electrons. The Labute approximate surface area is 126 Å². The van der Waals surface area contributed by atoms with Crippen LogP contribution in [0.25, 0.3) is 0 Å². The average molecular weight is 337 g/mol. The van der Waals surface area contributed by atoms with Gasteiger partial charge in [0, 0.05) is 22.5 Å². The van der Waals surface area contributed by atoms with Gasteiger partial charge in [0.15, 0.2) is 0 Å². The van der Waals surface area contributed by atoms with Gasteiger partial charge in [-0.05, 0) is 28.1 Å². The zero-order chi connectivity index (χ0) is 14.7. The van der Waals surface area contributed by atoms with Crippen LogP contribution in [-0.2, 0) is 0 Å². The van der Waals surface area contributed by atoms with E-state index in [4.69, 9.17) is 10.5 Å². The zero-order valence-corrected chi connectivity index (χ0v) is 13.2. The molecule has 0 aliphatic carbocycles. The maximum Gasteiger partial charge on any atom is 0.136 e. The van der Waals surface area contributed by atoms with Crippen molar-refractivity contribution < 1.29 is 4.74 Å². The Morgan fingerprint density at radius 3 is 2.65 bits per heavy atom. The number of nitrogens with two attached hydrogens (primary N) is 1. The summed E-state index contributed by atoms with van der Waals surface area (Å²) in [4.78, 5) is 8.68. The highest BCUT2D eigenvalue weighted by atomic mass is 79.9. The molecular weight excluding hydrogens is 320 g/mol. The van der Waals surface area contributed by atoms with Crippen molar-refractivity contribution in [1.82, 2.24) is 9.97 Å². The Bertz CT molecular complexity index is 616. The highest BCUT2D eigenvalue weighted by Crippen LogP contribution is 2.29. The number of hydrogen-bond acceptors (Lipinski definition) is 5. The standard InChI is InChI=1S/C14H17BrN4O/c1-8(2)14-18-12(16)7-13(19-14)17-11-6-9(20-3)4-5-10(11)15/h4-8H,1-3H3,(H3,16,17,18,19). The molecule has 1 heterocycles. The fraction of sp³-hybridized carbons (Fsp3) is 0.286. The molecule has 0 unspecified atom stereocenters. The van der Waals surface area contributed by atoms with Crippen molar-refractivity contribution in [2.24, 2.45) is 0 Å². The number of ether oxygens (including phenoxy) is 1. The lowest BCUT2D eigenvalue weighted by Crippen LogP contribution is -2.05. The van der Waals surface area contributed by atoms with Crippen molar-refractivity contribution in [3.05, 3.63) is 34.6 Å². The number of methoxy groups -OCH3 is 1. The van der Waals surface area contributed by atoms with Crippen molar-refractivity contribution in [3.8, 4) is 5.75 Å². The second-order valence-electron chi connectivity index (χ2n) is 4.66. The minimum atomic E-state index is 0.216. The van der Waals surface area contributed by atoms with Gasteiger partial charge in [0.2, 0.25) is 0 Å². The summed E-state index contributed by atoms with van der Waals surface area (Å²) in [5, 5.41) is 3.23. The van der Waals surface area contributed by atoms with Crippen LogP contribution < -0.4 is 15.8 Å². The van der Waals surface area contributed by atoms with Crippen molar-refractivity contribution >= 4 is 33.3 Å². The van der Waals surface area contributed by atoms with Crippen molar-refractivity contribution in [3.63, 3.8) is 0 Å². The lowest BCUT2D eigenvalue weighted by atomic mass is 10.2. The summed E-state index contributed by atoms with van der Waals surface area (Å²) in [7, 11) is 1.63. The van der Waals surface area contributed by atoms with Gasteiger partial charge in [-0.2, -0.15) is 0 Å². The normalized spacial score (nSPS) is 10.7. The van der Waals surface area contributed by atoms with E-state index in [9.17, 15) is 0 Å². The topological polar surface area (TPSA) is 73.1 Å². The summed E-state index contributed by atoms with van der Waals surface area (Å²) in [6, 6.07) is 7.38. The molecule has 1 aromatic carbocycles. The Morgan fingerprint density at radius 2 is 2.00 bits per heavy atom. The second-order valence-corrected chi connectivity index (χ2v) is 5.52.